The molecule has 0 unspecified atom stereocenters. The van der Waals surface area contributed by atoms with E-state index in [-0.39, 0.29) is 12.8 Å². The molecule has 1 aliphatic heterocycles. The molecule has 0 aliphatic carbocycles. The van der Waals surface area contributed by atoms with Crippen LogP contribution in [0.2, 0.25) is 0 Å². The fourth-order valence-corrected chi connectivity index (χ4v) is 1.60. The second-order valence-electron chi connectivity index (χ2n) is 4.38. The third-order valence-corrected chi connectivity index (χ3v) is 2.63. The molecule has 2 rings (SSSR count). The Balaban J connectivity index is 0.000000589. The number of aliphatic imine (C=N–C) groups is 2. The Morgan fingerprint density at radius 3 is 2.46 bits per heavy atom. The lowest BCUT2D eigenvalue weighted by Crippen LogP contribution is -2.26. The number of allylic oxidation sites excluding steroid dienone is 1. The van der Waals surface area contributed by atoms with Crippen LogP contribution in [0, 0.1) is 0 Å². The summed E-state index contributed by atoms with van der Waals surface area (Å²) in [6.45, 7) is 13.8. The monoisotopic (exact) mass is 363 g/mol. The molecule has 8 heteroatoms. The third kappa shape index (κ3) is 8.62. The largest absolute Gasteiger partial charge is 0.495 e. The normalized spacial score (nSPS) is 11.0. The summed E-state index contributed by atoms with van der Waals surface area (Å²) in [7, 11) is 1.59. The van der Waals surface area contributed by atoms with E-state index in [4.69, 9.17) is 25.7 Å². The summed E-state index contributed by atoms with van der Waals surface area (Å²) < 4.78 is 15.3. The van der Waals surface area contributed by atoms with Crippen molar-refractivity contribution in [3.05, 3.63) is 43.2 Å². The lowest BCUT2D eigenvalue weighted by molar-refractivity contribution is 0.174. The van der Waals surface area contributed by atoms with Gasteiger partial charge in [0.1, 0.15) is 5.76 Å². The maximum Gasteiger partial charge on any atom is 0.231 e. The number of hydrogen-bond donors (Lipinski definition) is 3. The highest BCUT2D eigenvalue weighted by Crippen LogP contribution is 2.34. The molecule has 0 saturated heterocycles. The average Bonchev–Trinajstić information content (AvgIpc) is 3.11. The maximum absolute atomic E-state index is 5.27. The molecule has 0 amide bonds. The molecule has 0 saturated carbocycles. The Morgan fingerprint density at radius 1 is 1.31 bits per heavy atom. The molecule has 26 heavy (non-hydrogen) atoms. The lowest BCUT2D eigenvalue weighted by Gasteiger charge is -2.06. The van der Waals surface area contributed by atoms with E-state index in [0.29, 0.717) is 29.8 Å². The van der Waals surface area contributed by atoms with E-state index in [1.807, 2.05) is 26.8 Å². The molecule has 0 bridgehead atoms. The first-order valence-electron chi connectivity index (χ1n) is 8.17. The van der Waals surface area contributed by atoms with Gasteiger partial charge in [0, 0.05) is 18.8 Å². The van der Waals surface area contributed by atoms with Gasteiger partial charge in [-0.3, -0.25) is 4.99 Å². The zero-order valence-electron chi connectivity index (χ0n) is 15.9. The van der Waals surface area contributed by atoms with Crippen LogP contribution in [0.1, 0.15) is 20.8 Å². The Labute approximate surface area is 155 Å². The summed E-state index contributed by atoms with van der Waals surface area (Å²) in [6.07, 6.45) is 1.59. The Morgan fingerprint density at radius 2 is 1.96 bits per heavy atom. The topological polar surface area (TPSA) is 116 Å². The number of nitrogens with zero attached hydrogens (tertiary/aromatic N) is 2. The predicted molar refractivity (Wildman–Crippen MR) is 108 cm³/mol. The minimum absolute atomic E-state index is 0.0566. The second-order valence-corrected chi connectivity index (χ2v) is 4.38. The van der Waals surface area contributed by atoms with Crippen molar-refractivity contribution in [3.8, 4) is 11.5 Å². The minimum atomic E-state index is -0.0566. The lowest BCUT2D eigenvalue weighted by atomic mass is 10.3. The first-order chi connectivity index (χ1) is 12.5. The van der Waals surface area contributed by atoms with Crippen molar-refractivity contribution in [2.24, 2.45) is 21.5 Å². The highest BCUT2D eigenvalue weighted by Gasteiger charge is 2.13. The van der Waals surface area contributed by atoms with Gasteiger partial charge in [-0.1, -0.05) is 27.0 Å². The van der Waals surface area contributed by atoms with Crippen LogP contribution in [-0.4, -0.2) is 32.4 Å². The van der Waals surface area contributed by atoms with Crippen LogP contribution in [0.15, 0.2) is 53.2 Å². The number of nitrogens with two attached hydrogens (primary N) is 2. The molecule has 8 nitrogen and oxygen atoms in total. The van der Waals surface area contributed by atoms with Gasteiger partial charge in [0.05, 0.1) is 6.61 Å². The van der Waals surface area contributed by atoms with Crippen molar-refractivity contribution < 1.29 is 14.2 Å². The quantitative estimate of drug-likeness (QED) is 0.328. The summed E-state index contributed by atoms with van der Waals surface area (Å²) in [6, 6.07) is 5.41. The van der Waals surface area contributed by atoms with Crippen LogP contribution in [0.5, 0.6) is 11.5 Å². The number of benzene rings is 1. The summed E-state index contributed by atoms with van der Waals surface area (Å²) in [5.74, 6) is 2.30. The summed E-state index contributed by atoms with van der Waals surface area (Å²) in [5.41, 5.74) is 11.3. The van der Waals surface area contributed by atoms with Gasteiger partial charge in [-0.05, 0) is 25.1 Å². The maximum atomic E-state index is 5.27. The van der Waals surface area contributed by atoms with Crippen LogP contribution >= 0.6 is 0 Å². The number of anilines is 1. The van der Waals surface area contributed by atoms with Crippen molar-refractivity contribution in [2.75, 3.05) is 25.8 Å². The van der Waals surface area contributed by atoms with Crippen molar-refractivity contribution in [3.63, 3.8) is 0 Å². The number of fused-ring (bicyclic) bond motifs is 1. The Bertz CT molecular complexity index is 638. The number of guanidine groups is 2. The predicted octanol–water partition coefficient (Wildman–Crippen LogP) is 2.84. The minimum Gasteiger partial charge on any atom is -0.495 e. The van der Waals surface area contributed by atoms with Gasteiger partial charge >= 0.3 is 0 Å². The van der Waals surface area contributed by atoms with Gasteiger partial charge in [-0.15, -0.1) is 0 Å². The summed E-state index contributed by atoms with van der Waals surface area (Å²) in [5, 5.41) is 2.96. The Kier molecular flexibility index (Phi) is 11.6. The van der Waals surface area contributed by atoms with E-state index in [9.17, 15) is 0 Å². The highest BCUT2D eigenvalue weighted by atomic mass is 16.7. The number of ether oxygens (including phenoxy) is 3. The standard InChI is InChI=1S/C10H13N5O2.C6H10O.C2H6/c1-13-10(15-9(11)12)14-6-2-3-7-8(4-6)17-5-16-7;1-4-6(3)7-5-2;1-2/h2-4H,5H2,1H3,(H5,11,12,13,14,15);4H,1,3,5H2,2H3;1-2H3. The van der Waals surface area contributed by atoms with Gasteiger partial charge in [0.2, 0.25) is 12.8 Å². The first kappa shape index (κ1) is 22.8. The van der Waals surface area contributed by atoms with Gasteiger partial charge in [0.15, 0.2) is 17.5 Å². The molecule has 1 aromatic rings. The Hall–Kier alpha value is -3.16. The molecule has 5 N–H and O–H groups in total. The zero-order valence-corrected chi connectivity index (χ0v) is 15.9. The fraction of sp³-hybridized carbons (Fsp3) is 0.333. The van der Waals surface area contributed by atoms with Gasteiger partial charge in [-0.25, -0.2) is 0 Å². The number of hydrogen-bond acceptors (Lipinski definition) is 4. The molecule has 1 heterocycles. The molecule has 0 fully saturated rings. The van der Waals surface area contributed by atoms with E-state index < -0.39 is 0 Å². The zero-order chi connectivity index (χ0) is 19.9. The van der Waals surface area contributed by atoms with Crippen LogP contribution < -0.4 is 26.3 Å². The van der Waals surface area contributed by atoms with Crippen LogP contribution in [-0.2, 0) is 4.74 Å². The van der Waals surface area contributed by atoms with Crippen molar-refractivity contribution in [1.29, 1.82) is 0 Å². The SMILES string of the molecule is C=CC(=C)OCC.CC.CN=C(N=C(N)N)Nc1ccc2c(c1)OCO2. The van der Waals surface area contributed by atoms with E-state index in [2.05, 4.69) is 28.5 Å². The van der Waals surface area contributed by atoms with Crippen molar-refractivity contribution in [1.82, 2.24) is 0 Å². The second kappa shape index (κ2) is 13.2. The molecule has 1 aromatic carbocycles. The summed E-state index contributed by atoms with van der Waals surface area (Å²) >= 11 is 0. The highest BCUT2D eigenvalue weighted by molar-refractivity contribution is 6.01. The van der Waals surface area contributed by atoms with E-state index >= 15 is 0 Å². The molecule has 0 atom stereocenters. The first-order valence-corrected chi connectivity index (χ1v) is 8.17. The number of nitrogens with one attached hydrogen (secondary N) is 1. The molecular weight excluding hydrogens is 334 g/mol. The van der Waals surface area contributed by atoms with E-state index in [1.165, 1.54) is 0 Å². The number of rotatable bonds is 4. The smallest absolute Gasteiger partial charge is 0.231 e. The average molecular weight is 363 g/mol. The molecule has 144 valence electrons. The molecule has 0 spiro atoms. The third-order valence-electron chi connectivity index (χ3n) is 2.63. The van der Waals surface area contributed by atoms with Gasteiger partial charge in [-0.2, -0.15) is 4.99 Å². The fourth-order valence-electron chi connectivity index (χ4n) is 1.60. The van der Waals surface area contributed by atoms with Crippen LogP contribution in [0.4, 0.5) is 5.69 Å². The summed E-state index contributed by atoms with van der Waals surface area (Å²) in [4.78, 5) is 7.73. The molecule has 0 radical (unpaired) electrons. The molecule has 0 aromatic heterocycles. The van der Waals surface area contributed by atoms with E-state index in [1.54, 1.807) is 25.3 Å². The molecule has 1 aliphatic rings. The van der Waals surface area contributed by atoms with Crippen molar-refractivity contribution >= 4 is 17.6 Å². The van der Waals surface area contributed by atoms with Crippen LogP contribution in [0.3, 0.4) is 0 Å². The van der Waals surface area contributed by atoms with Crippen molar-refractivity contribution in [2.45, 2.75) is 20.8 Å². The van der Waals surface area contributed by atoms with E-state index in [0.717, 1.165) is 5.69 Å². The van der Waals surface area contributed by atoms with Gasteiger partial charge in [0.25, 0.3) is 0 Å². The van der Waals surface area contributed by atoms with Crippen LogP contribution in [0.25, 0.3) is 0 Å². The van der Waals surface area contributed by atoms with Gasteiger partial charge < -0.3 is 31.0 Å². The molecular formula is C18H29N5O3.